The second-order valence-corrected chi connectivity index (χ2v) is 8.86. The van der Waals surface area contributed by atoms with Crippen molar-refractivity contribution >= 4 is 33.2 Å². The summed E-state index contributed by atoms with van der Waals surface area (Å²) in [5.74, 6) is -0.207. The number of benzene rings is 2. The highest BCUT2D eigenvalue weighted by Crippen LogP contribution is 2.21. The van der Waals surface area contributed by atoms with Gasteiger partial charge in [-0.05, 0) is 42.3 Å². The molecule has 0 atom stereocenters. The van der Waals surface area contributed by atoms with E-state index < -0.39 is 10.0 Å². The number of nitriles is 1. The highest BCUT2D eigenvalue weighted by Gasteiger charge is 2.26. The zero-order chi connectivity index (χ0) is 20.9. The third-order valence-electron chi connectivity index (χ3n) is 4.54. The number of sulfonamides is 1. The first kappa shape index (κ1) is 21.3. The molecule has 1 saturated heterocycles. The minimum atomic E-state index is -3.52. The Morgan fingerprint density at radius 2 is 1.86 bits per heavy atom. The maximum absolute atomic E-state index is 12.6. The van der Waals surface area contributed by atoms with Crippen LogP contribution in [-0.4, -0.2) is 44.9 Å². The molecule has 0 saturated carbocycles. The number of aryl methyl sites for hydroxylation is 1. The summed E-state index contributed by atoms with van der Waals surface area (Å²) in [7, 11) is -3.52. The fourth-order valence-electron chi connectivity index (χ4n) is 2.93. The van der Waals surface area contributed by atoms with Crippen LogP contribution in [-0.2, 0) is 26.0 Å². The molecule has 0 aromatic heterocycles. The number of anilines is 1. The van der Waals surface area contributed by atoms with E-state index in [4.69, 9.17) is 21.6 Å². The van der Waals surface area contributed by atoms with Gasteiger partial charge in [0.1, 0.15) is 6.07 Å². The number of nitrogens with one attached hydrogen (secondary N) is 1. The summed E-state index contributed by atoms with van der Waals surface area (Å²) in [5.41, 5.74) is 1.65. The fourth-order valence-corrected chi connectivity index (χ4v) is 4.50. The summed E-state index contributed by atoms with van der Waals surface area (Å²) in [6.07, 6.45) is 0.683. The lowest BCUT2D eigenvalue weighted by molar-refractivity contribution is -0.116. The number of ether oxygens (including phenoxy) is 1. The van der Waals surface area contributed by atoms with Crippen LogP contribution in [0.1, 0.15) is 17.5 Å². The number of amides is 1. The average Bonchev–Trinajstić information content (AvgIpc) is 2.74. The lowest BCUT2D eigenvalue weighted by Gasteiger charge is -2.26. The Kier molecular flexibility index (Phi) is 6.87. The van der Waals surface area contributed by atoms with Gasteiger partial charge in [0.2, 0.25) is 15.9 Å². The maximum atomic E-state index is 12.6. The van der Waals surface area contributed by atoms with Crippen LogP contribution in [0.4, 0.5) is 5.69 Å². The summed E-state index contributed by atoms with van der Waals surface area (Å²) >= 11 is 5.88. The SMILES string of the molecule is N#Cc1cc(NC(=O)CCc2ccc(S(=O)(=O)N3CCOCC3)cc2)ccc1Cl. The van der Waals surface area contributed by atoms with Gasteiger partial charge in [-0.15, -0.1) is 0 Å². The highest BCUT2D eigenvalue weighted by molar-refractivity contribution is 7.89. The zero-order valence-corrected chi connectivity index (χ0v) is 17.2. The number of carbonyl (C=O) groups is 1. The number of nitrogens with zero attached hydrogens (tertiary/aromatic N) is 2. The largest absolute Gasteiger partial charge is 0.379 e. The van der Waals surface area contributed by atoms with Crippen LogP contribution in [0.25, 0.3) is 0 Å². The van der Waals surface area contributed by atoms with Gasteiger partial charge < -0.3 is 10.1 Å². The minimum absolute atomic E-state index is 0.207. The first-order valence-electron chi connectivity index (χ1n) is 9.06. The second kappa shape index (κ2) is 9.37. The van der Waals surface area contributed by atoms with Crippen LogP contribution in [0, 0.1) is 11.3 Å². The Morgan fingerprint density at radius 1 is 1.17 bits per heavy atom. The summed E-state index contributed by atoms with van der Waals surface area (Å²) in [4.78, 5) is 12.4. The van der Waals surface area contributed by atoms with Gasteiger partial charge in [0.15, 0.2) is 0 Å². The quantitative estimate of drug-likeness (QED) is 0.755. The molecule has 0 aliphatic carbocycles. The number of rotatable bonds is 6. The summed E-state index contributed by atoms with van der Waals surface area (Å²) < 4.78 is 31.9. The van der Waals surface area contributed by atoms with Crippen molar-refractivity contribution in [3.63, 3.8) is 0 Å². The molecule has 1 amide bonds. The number of hydrogen-bond acceptors (Lipinski definition) is 5. The van der Waals surface area contributed by atoms with Crippen molar-refractivity contribution in [2.75, 3.05) is 31.6 Å². The molecule has 1 fully saturated rings. The van der Waals surface area contributed by atoms with Crippen LogP contribution >= 0.6 is 11.6 Å². The molecule has 152 valence electrons. The van der Waals surface area contributed by atoms with Gasteiger partial charge in [0, 0.05) is 25.2 Å². The lowest BCUT2D eigenvalue weighted by Crippen LogP contribution is -2.40. The topological polar surface area (TPSA) is 99.5 Å². The van der Waals surface area contributed by atoms with E-state index in [1.165, 1.54) is 10.4 Å². The molecule has 1 heterocycles. The molecule has 1 aliphatic rings. The van der Waals surface area contributed by atoms with Crippen LogP contribution in [0.15, 0.2) is 47.4 Å². The summed E-state index contributed by atoms with van der Waals surface area (Å²) in [6.45, 7) is 1.50. The number of halogens is 1. The Balaban J connectivity index is 1.57. The average molecular weight is 434 g/mol. The van der Waals surface area contributed by atoms with Gasteiger partial charge in [-0.2, -0.15) is 9.57 Å². The smallest absolute Gasteiger partial charge is 0.243 e. The summed E-state index contributed by atoms with van der Waals surface area (Å²) in [5, 5.41) is 12.1. The van der Waals surface area contributed by atoms with Crippen LogP contribution in [0.3, 0.4) is 0 Å². The third-order valence-corrected chi connectivity index (χ3v) is 6.78. The second-order valence-electron chi connectivity index (χ2n) is 6.52. The normalized spacial score (nSPS) is 14.9. The Labute approximate surface area is 174 Å². The molecule has 7 nitrogen and oxygen atoms in total. The molecule has 2 aromatic carbocycles. The van der Waals surface area contributed by atoms with Crippen LogP contribution in [0.2, 0.25) is 5.02 Å². The Bertz CT molecular complexity index is 1030. The van der Waals surface area contributed by atoms with Gasteiger partial charge in [-0.25, -0.2) is 8.42 Å². The van der Waals surface area contributed by atoms with Crippen molar-refractivity contribution < 1.29 is 17.9 Å². The first-order chi connectivity index (χ1) is 13.9. The number of carbonyl (C=O) groups excluding carboxylic acids is 1. The zero-order valence-electron chi connectivity index (χ0n) is 15.6. The van der Waals surface area contributed by atoms with E-state index in [0.717, 1.165) is 5.56 Å². The predicted molar refractivity (Wildman–Crippen MR) is 109 cm³/mol. The Morgan fingerprint density at radius 3 is 2.52 bits per heavy atom. The number of morpholine rings is 1. The van der Waals surface area contributed by atoms with E-state index in [0.29, 0.717) is 49.0 Å². The van der Waals surface area contributed by atoms with E-state index >= 15 is 0 Å². The summed E-state index contributed by atoms with van der Waals surface area (Å²) in [6, 6.07) is 13.2. The minimum Gasteiger partial charge on any atom is -0.379 e. The molecule has 0 bridgehead atoms. The molecule has 0 unspecified atom stereocenters. The van der Waals surface area contributed by atoms with Gasteiger partial charge in [-0.1, -0.05) is 23.7 Å². The molecule has 0 radical (unpaired) electrons. The van der Waals surface area contributed by atoms with Crippen molar-refractivity contribution in [3.05, 3.63) is 58.6 Å². The molecule has 1 N–H and O–H groups in total. The molecular weight excluding hydrogens is 414 g/mol. The van der Waals surface area contributed by atoms with Crippen molar-refractivity contribution in [2.45, 2.75) is 17.7 Å². The first-order valence-corrected chi connectivity index (χ1v) is 10.9. The maximum Gasteiger partial charge on any atom is 0.243 e. The molecule has 0 spiro atoms. The lowest BCUT2D eigenvalue weighted by atomic mass is 10.1. The monoisotopic (exact) mass is 433 g/mol. The molecule has 9 heteroatoms. The van der Waals surface area contributed by atoms with Gasteiger partial charge in [0.25, 0.3) is 0 Å². The van der Waals surface area contributed by atoms with Gasteiger partial charge in [-0.3, -0.25) is 4.79 Å². The predicted octanol–water partition coefficient (Wildman–Crippen LogP) is 2.80. The van der Waals surface area contributed by atoms with Crippen molar-refractivity contribution in [2.24, 2.45) is 0 Å². The molecule has 3 rings (SSSR count). The number of hydrogen-bond donors (Lipinski definition) is 1. The third kappa shape index (κ3) is 5.34. The van der Waals surface area contributed by atoms with E-state index in [-0.39, 0.29) is 17.2 Å². The molecule has 2 aromatic rings. The van der Waals surface area contributed by atoms with Crippen molar-refractivity contribution in [1.82, 2.24) is 4.31 Å². The van der Waals surface area contributed by atoms with E-state index in [9.17, 15) is 13.2 Å². The Hall–Kier alpha value is -2.44. The van der Waals surface area contributed by atoms with Crippen LogP contribution in [0.5, 0.6) is 0 Å². The van der Waals surface area contributed by atoms with Gasteiger partial charge >= 0.3 is 0 Å². The van der Waals surface area contributed by atoms with Crippen molar-refractivity contribution in [1.29, 1.82) is 5.26 Å². The molecular formula is C20H20ClN3O4S. The molecule has 1 aliphatic heterocycles. The van der Waals surface area contributed by atoms with E-state index in [2.05, 4.69) is 5.32 Å². The standard InChI is InChI=1S/C20H20ClN3O4S/c21-19-7-4-17(13-16(19)14-22)23-20(25)8-3-15-1-5-18(6-2-15)29(26,27)24-9-11-28-12-10-24/h1-2,4-7,13H,3,8-12H2,(H,23,25). The van der Waals surface area contributed by atoms with Crippen LogP contribution < -0.4 is 5.32 Å². The highest BCUT2D eigenvalue weighted by atomic mass is 35.5. The van der Waals surface area contributed by atoms with E-state index in [1.54, 1.807) is 36.4 Å². The fraction of sp³-hybridized carbons (Fsp3) is 0.300. The van der Waals surface area contributed by atoms with Crippen molar-refractivity contribution in [3.8, 4) is 6.07 Å². The molecule has 29 heavy (non-hydrogen) atoms. The van der Waals surface area contributed by atoms with Gasteiger partial charge in [0.05, 0.1) is 28.7 Å². The van der Waals surface area contributed by atoms with E-state index in [1.807, 2.05) is 6.07 Å².